The zero-order chi connectivity index (χ0) is 22.4. The number of carboxylic acids is 1. The molecule has 0 aliphatic carbocycles. The van der Waals surface area contributed by atoms with Crippen LogP contribution in [0, 0.1) is 11.8 Å². The average Bonchev–Trinajstić information content (AvgIpc) is 3.35. The summed E-state index contributed by atoms with van der Waals surface area (Å²) in [6, 6.07) is -2.71. The Morgan fingerprint density at radius 1 is 1.03 bits per heavy atom. The number of nitrogens with zero attached hydrogens (tertiary/aromatic N) is 1. The molecule has 0 aromatic rings. The van der Waals surface area contributed by atoms with Crippen LogP contribution in [-0.4, -0.2) is 71.0 Å². The van der Waals surface area contributed by atoms with E-state index < -0.39 is 30.0 Å². The fourth-order valence-electron chi connectivity index (χ4n) is 4.12. The number of nitrogens with one attached hydrogen (secondary N) is 3. The van der Waals surface area contributed by atoms with Crippen molar-refractivity contribution in [1.29, 1.82) is 0 Å². The molecule has 2 aliphatic heterocycles. The van der Waals surface area contributed by atoms with Crippen LogP contribution in [0.1, 0.15) is 59.8 Å². The fourth-order valence-corrected chi connectivity index (χ4v) is 4.12. The Hall–Kier alpha value is -2.16. The van der Waals surface area contributed by atoms with Crippen LogP contribution >= 0.6 is 0 Å². The Balaban J connectivity index is 2.06. The smallest absolute Gasteiger partial charge is 0.326 e. The predicted molar refractivity (Wildman–Crippen MR) is 112 cm³/mol. The van der Waals surface area contributed by atoms with E-state index in [0.29, 0.717) is 25.8 Å². The van der Waals surface area contributed by atoms with Gasteiger partial charge in [0.05, 0.1) is 6.04 Å². The van der Waals surface area contributed by atoms with Gasteiger partial charge in [-0.2, -0.15) is 0 Å². The van der Waals surface area contributed by atoms with E-state index in [0.717, 1.165) is 19.4 Å². The maximum absolute atomic E-state index is 13.2. The number of aliphatic carboxylic acids is 1. The van der Waals surface area contributed by atoms with Gasteiger partial charge in [-0.15, -0.1) is 0 Å². The van der Waals surface area contributed by atoms with Crippen LogP contribution in [0.15, 0.2) is 0 Å². The number of amides is 3. The Bertz CT molecular complexity index is 645. The molecular weight excluding hydrogens is 388 g/mol. The van der Waals surface area contributed by atoms with E-state index in [1.807, 2.05) is 27.7 Å². The largest absolute Gasteiger partial charge is 0.480 e. The minimum atomic E-state index is -1.08. The van der Waals surface area contributed by atoms with Gasteiger partial charge in [-0.1, -0.05) is 27.7 Å². The first kappa shape index (κ1) is 24.1. The van der Waals surface area contributed by atoms with Gasteiger partial charge in [0.1, 0.15) is 18.1 Å². The highest BCUT2D eigenvalue weighted by atomic mass is 16.4. The molecular formula is C21H36N4O5. The number of hydrogen-bond donors (Lipinski definition) is 4. The molecule has 0 saturated carbocycles. The summed E-state index contributed by atoms with van der Waals surface area (Å²) >= 11 is 0. The van der Waals surface area contributed by atoms with Gasteiger partial charge in [0, 0.05) is 6.54 Å². The molecule has 0 spiro atoms. The molecule has 2 heterocycles. The Kier molecular flexibility index (Phi) is 8.64. The van der Waals surface area contributed by atoms with Gasteiger partial charge in [0.15, 0.2) is 0 Å². The summed E-state index contributed by atoms with van der Waals surface area (Å²) in [7, 11) is 0. The number of carboxylic acid groups (broad SMARTS) is 1. The molecule has 3 amide bonds. The van der Waals surface area contributed by atoms with E-state index in [1.165, 1.54) is 4.90 Å². The van der Waals surface area contributed by atoms with Crippen molar-refractivity contribution in [3.63, 3.8) is 0 Å². The van der Waals surface area contributed by atoms with Gasteiger partial charge in [-0.05, 0) is 50.5 Å². The maximum Gasteiger partial charge on any atom is 0.326 e. The first-order valence-electron chi connectivity index (χ1n) is 11.0. The zero-order valence-corrected chi connectivity index (χ0v) is 18.4. The summed E-state index contributed by atoms with van der Waals surface area (Å²) in [6.45, 7) is 8.71. The van der Waals surface area contributed by atoms with Gasteiger partial charge < -0.3 is 26.0 Å². The van der Waals surface area contributed by atoms with Crippen LogP contribution in [0.5, 0.6) is 0 Å². The topological polar surface area (TPSA) is 128 Å². The summed E-state index contributed by atoms with van der Waals surface area (Å²) in [4.78, 5) is 51.6. The standard InChI is InChI=1S/C21H36N4O5/c1-12(2)11-15(21(29)30)23-19(27)16-8-6-10-25(16)20(28)17(13(3)4)24-18(26)14-7-5-9-22-14/h12-17,22H,5-11H2,1-4H3,(H,23,27)(H,24,26)(H,29,30). The minimum Gasteiger partial charge on any atom is -0.480 e. The van der Waals surface area contributed by atoms with E-state index in [1.54, 1.807) is 0 Å². The van der Waals surface area contributed by atoms with Gasteiger partial charge in [0.25, 0.3) is 0 Å². The summed E-state index contributed by atoms with van der Waals surface area (Å²) in [5.41, 5.74) is 0. The quantitative estimate of drug-likeness (QED) is 0.426. The molecule has 30 heavy (non-hydrogen) atoms. The van der Waals surface area contributed by atoms with Crippen LogP contribution in [0.4, 0.5) is 0 Å². The third-order valence-electron chi connectivity index (χ3n) is 5.77. The van der Waals surface area contributed by atoms with E-state index >= 15 is 0 Å². The highest BCUT2D eigenvalue weighted by Gasteiger charge is 2.40. The lowest BCUT2D eigenvalue weighted by Gasteiger charge is -2.31. The van der Waals surface area contributed by atoms with Crippen molar-refractivity contribution in [2.45, 2.75) is 84.0 Å². The highest BCUT2D eigenvalue weighted by Crippen LogP contribution is 2.21. The molecule has 9 heteroatoms. The molecule has 4 N–H and O–H groups in total. The predicted octanol–water partition coefficient (Wildman–Crippen LogP) is 0.486. The van der Waals surface area contributed by atoms with Crippen molar-refractivity contribution >= 4 is 23.7 Å². The van der Waals surface area contributed by atoms with Crippen molar-refractivity contribution in [2.75, 3.05) is 13.1 Å². The van der Waals surface area contributed by atoms with Crippen molar-refractivity contribution in [3.05, 3.63) is 0 Å². The summed E-state index contributed by atoms with van der Waals surface area (Å²) in [5.74, 6) is -2.03. The zero-order valence-electron chi connectivity index (χ0n) is 18.4. The molecule has 0 radical (unpaired) electrons. The van der Waals surface area contributed by atoms with Crippen LogP contribution in [-0.2, 0) is 19.2 Å². The Morgan fingerprint density at radius 3 is 2.27 bits per heavy atom. The van der Waals surface area contributed by atoms with Crippen molar-refractivity contribution < 1.29 is 24.3 Å². The first-order chi connectivity index (χ1) is 14.1. The summed E-state index contributed by atoms with van der Waals surface area (Å²) in [5, 5.41) is 18.0. The second-order valence-corrected chi connectivity index (χ2v) is 9.10. The molecule has 2 aliphatic rings. The van der Waals surface area contributed by atoms with E-state index in [2.05, 4.69) is 16.0 Å². The van der Waals surface area contributed by atoms with E-state index in [4.69, 9.17) is 0 Å². The minimum absolute atomic E-state index is 0.109. The maximum atomic E-state index is 13.2. The average molecular weight is 425 g/mol. The number of carbonyl (C=O) groups is 4. The molecule has 4 atom stereocenters. The van der Waals surface area contributed by atoms with Crippen molar-refractivity contribution in [3.8, 4) is 0 Å². The lowest BCUT2D eigenvalue weighted by molar-refractivity contribution is -0.145. The number of likely N-dealkylation sites (tertiary alicyclic amines) is 1. The molecule has 0 bridgehead atoms. The number of carbonyl (C=O) groups excluding carboxylic acids is 3. The third kappa shape index (κ3) is 6.17. The first-order valence-corrected chi connectivity index (χ1v) is 11.0. The van der Waals surface area contributed by atoms with Gasteiger partial charge in [-0.3, -0.25) is 14.4 Å². The monoisotopic (exact) mass is 424 g/mol. The Labute approximate surface area is 178 Å². The normalized spacial score (nSPS) is 23.5. The van der Waals surface area contributed by atoms with E-state index in [-0.39, 0.29) is 29.7 Å². The number of rotatable bonds is 9. The molecule has 2 rings (SSSR count). The molecule has 0 aromatic carbocycles. The summed E-state index contributed by atoms with van der Waals surface area (Å²) in [6.07, 6.45) is 3.13. The lowest BCUT2D eigenvalue weighted by atomic mass is 10.0. The molecule has 170 valence electrons. The fraction of sp³-hybridized carbons (Fsp3) is 0.810. The van der Waals surface area contributed by atoms with Gasteiger partial charge >= 0.3 is 5.97 Å². The van der Waals surface area contributed by atoms with Crippen LogP contribution < -0.4 is 16.0 Å². The van der Waals surface area contributed by atoms with Crippen LogP contribution in [0.3, 0.4) is 0 Å². The molecule has 9 nitrogen and oxygen atoms in total. The second-order valence-electron chi connectivity index (χ2n) is 9.10. The van der Waals surface area contributed by atoms with E-state index in [9.17, 15) is 24.3 Å². The summed E-state index contributed by atoms with van der Waals surface area (Å²) < 4.78 is 0. The van der Waals surface area contributed by atoms with Crippen LogP contribution in [0.2, 0.25) is 0 Å². The van der Waals surface area contributed by atoms with Crippen LogP contribution in [0.25, 0.3) is 0 Å². The molecule has 4 unspecified atom stereocenters. The van der Waals surface area contributed by atoms with Gasteiger partial charge in [-0.25, -0.2) is 4.79 Å². The van der Waals surface area contributed by atoms with Crippen molar-refractivity contribution in [1.82, 2.24) is 20.9 Å². The third-order valence-corrected chi connectivity index (χ3v) is 5.77. The highest BCUT2D eigenvalue weighted by molar-refractivity contribution is 5.94. The SMILES string of the molecule is CC(C)CC(NC(=O)C1CCCN1C(=O)C(NC(=O)C1CCCN1)C(C)C)C(=O)O. The lowest BCUT2D eigenvalue weighted by Crippen LogP contribution is -2.58. The number of hydrogen-bond acceptors (Lipinski definition) is 5. The van der Waals surface area contributed by atoms with Gasteiger partial charge in [0.2, 0.25) is 17.7 Å². The molecule has 0 aromatic heterocycles. The molecule has 2 fully saturated rings. The Morgan fingerprint density at radius 2 is 1.73 bits per heavy atom. The molecule has 2 saturated heterocycles. The second kappa shape index (κ2) is 10.7. The van der Waals surface area contributed by atoms with Crippen molar-refractivity contribution in [2.24, 2.45) is 11.8 Å².